The van der Waals surface area contributed by atoms with Crippen molar-refractivity contribution in [1.82, 2.24) is 5.73 Å². The summed E-state index contributed by atoms with van der Waals surface area (Å²) in [6.07, 6.45) is -1.94. The second-order valence-corrected chi connectivity index (χ2v) is 2.11. The number of hydrogen-bond acceptors (Lipinski definition) is 0. The molecule has 0 fully saturated rings. The lowest BCUT2D eigenvalue weighted by molar-refractivity contribution is 0.425. The molecule has 0 spiro atoms. The molecular weight excluding hydrogens is 160 g/mol. The van der Waals surface area contributed by atoms with Gasteiger partial charge in [-0.25, -0.2) is 0 Å². The topological polar surface area (TPSA) is 22.3 Å². The summed E-state index contributed by atoms with van der Waals surface area (Å²) in [6, 6.07) is 7.86. The van der Waals surface area contributed by atoms with Crippen LogP contribution in [0.5, 0.6) is 0 Å². The standard InChI is InChI=1S/C9H5F2N/c10-9(11)8(6-12)7-4-2-1-3-5-7/h1-5H. The van der Waals surface area contributed by atoms with E-state index in [2.05, 4.69) is 0 Å². The van der Waals surface area contributed by atoms with Crippen LogP contribution in [0.25, 0.3) is 5.57 Å². The minimum Gasteiger partial charge on any atom is -0.173 e. The van der Waals surface area contributed by atoms with Gasteiger partial charge in [-0.2, -0.15) is 8.78 Å². The van der Waals surface area contributed by atoms with E-state index in [9.17, 15) is 8.78 Å². The van der Waals surface area contributed by atoms with E-state index in [1.807, 2.05) is 0 Å². The van der Waals surface area contributed by atoms with E-state index in [-0.39, 0.29) is 5.56 Å². The zero-order valence-corrected chi connectivity index (χ0v) is 6.09. The quantitative estimate of drug-likeness (QED) is 0.642. The highest BCUT2D eigenvalue weighted by atomic mass is 19.3. The molecule has 0 amide bonds. The minimum atomic E-state index is -1.94. The molecule has 0 aliphatic heterocycles. The SMILES string of the molecule is [N][C]C(=C(F)F)c1ccccc1. The second kappa shape index (κ2) is 3.97. The Morgan fingerprint density at radius 1 is 1.17 bits per heavy atom. The van der Waals surface area contributed by atoms with E-state index in [4.69, 9.17) is 5.73 Å². The Bertz CT molecular complexity index is 276. The van der Waals surface area contributed by atoms with Crippen molar-refractivity contribution < 1.29 is 8.78 Å². The highest BCUT2D eigenvalue weighted by Crippen LogP contribution is 2.21. The summed E-state index contributed by atoms with van der Waals surface area (Å²) < 4.78 is 24.1. The fourth-order valence-corrected chi connectivity index (χ4v) is 0.821. The van der Waals surface area contributed by atoms with Gasteiger partial charge in [-0.15, -0.1) is 5.73 Å². The molecule has 4 radical (unpaired) electrons. The maximum absolute atomic E-state index is 12.0. The van der Waals surface area contributed by atoms with Gasteiger partial charge in [0.05, 0.1) is 5.57 Å². The van der Waals surface area contributed by atoms with Gasteiger partial charge in [0.1, 0.15) is 6.54 Å². The highest BCUT2D eigenvalue weighted by molar-refractivity contribution is 5.71. The Balaban J connectivity index is 3.05. The average molecular weight is 165 g/mol. The van der Waals surface area contributed by atoms with Crippen LogP contribution in [-0.2, 0) is 0 Å². The number of hydrogen-bond donors (Lipinski definition) is 0. The summed E-state index contributed by atoms with van der Waals surface area (Å²) in [5.74, 6) is 0. The van der Waals surface area contributed by atoms with E-state index in [1.54, 1.807) is 18.2 Å². The third-order valence-electron chi connectivity index (χ3n) is 1.36. The molecule has 0 aliphatic carbocycles. The molecule has 0 aliphatic rings. The maximum Gasteiger partial charge on any atom is 0.276 e. The Morgan fingerprint density at radius 2 is 1.75 bits per heavy atom. The molecule has 0 saturated heterocycles. The van der Waals surface area contributed by atoms with Gasteiger partial charge in [0.2, 0.25) is 0 Å². The largest absolute Gasteiger partial charge is 0.276 e. The van der Waals surface area contributed by atoms with Crippen molar-refractivity contribution in [3.8, 4) is 0 Å². The van der Waals surface area contributed by atoms with E-state index >= 15 is 0 Å². The maximum atomic E-state index is 12.0. The third kappa shape index (κ3) is 1.89. The van der Waals surface area contributed by atoms with Gasteiger partial charge in [-0.05, 0) is 5.56 Å². The molecule has 3 heteroatoms. The Kier molecular flexibility index (Phi) is 2.94. The first-order valence-corrected chi connectivity index (χ1v) is 3.26. The molecule has 0 heterocycles. The molecule has 0 N–H and O–H groups in total. The number of nitrogens with zero attached hydrogens (tertiary/aromatic N) is 1. The highest BCUT2D eigenvalue weighted by Gasteiger charge is 2.07. The molecule has 0 aromatic heterocycles. The molecule has 1 rings (SSSR count). The van der Waals surface area contributed by atoms with Crippen molar-refractivity contribution in [3.05, 3.63) is 48.5 Å². The van der Waals surface area contributed by atoms with Crippen LogP contribution in [0.2, 0.25) is 0 Å². The van der Waals surface area contributed by atoms with Crippen LogP contribution in [-0.4, -0.2) is 0 Å². The van der Waals surface area contributed by atoms with Crippen LogP contribution in [0.4, 0.5) is 8.78 Å². The van der Waals surface area contributed by atoms with Crippen molar-refractivity contribution in [3.63, 3.8) is 0 Å². The molecule has 0 unspecified atom stereocenters. The van der Waals surface area contributed by atoms with E-state index in [1.165, 1.54) is 18.7 Å². The first kappa shape index (κ1) is 8.87. The van der Waals surface area contributed by atoms with Gasteiger partial charge in [-0.3, -0.25) is 0 Å². The van der Waals surface area contributed by atoms with Crippen molar-refractivity contribution in [1.29, 1.82) is 0 Å². The summed E-state index contributed by atoms with van der Waals surface area (Å²) in [7, 11) is 0. The van der Waals surface area contributed by atoms with Gasteiger partial charge < -0.3 is 0 Å². The Labute approximate surface area is 69.5 Å². The summed E-state index contributed by atoms with van der Waals surface area (Å²) in [5.41, 5.74) is 8.05. The molecule has 0 atom stereocenters. The second-order valence-electron chi connectivity index (χ2n) is 2.11. The van der Waals surface area contributed by atoms with Gasteiger partial charge in [0.15, 0.2) is 0 Å². The van der Waals surface area contributed by atoms with E-state index in [0.29, 0.717) is 0 Å². The van der Waals surface area contributed by atoms with Gasteiger partial charge in [-0.1, -0.05) is 30.3 Å². The smallest absolute Gasteiger partial charge is 0.173 e. The van der Waals surface area contributed by atoms with Crippen LogP contribution in [0.15, 0.2) is 36.4 Å². The van der Waals surface area contributed by atoms with Gasteiger partial charge >= 0.3 is 0 Å². The van der Waals surface area contributed by atoms with Crippen LogP contribution in [0.3, 0.4) is 0 Å². The monoisotopic (exact) mass is 165 g/mol. The summed E-state index contributed by atoms with van der Waals surface area (Å²) in [5, 5.41) is 0. The molecule has 1 nitrogen and oxygen atoms in total. The van der Waals surface area contributed by atoms with Crippen LogP contribution in [0.1, 0.15) is 5.56 Å². The van der Waals surface area contributed by atoms with Crippen LogP contribution in [0, 0.1) is 6.54 Å². The number of rotatable bonds is 2. The van der Waals surface area contributed by atoms with Crippen LogP contribution >= 0.6 is 0 Å². The molecule has 12 heavy (non-hydrogen) atoms. The van der Waals surface area contributed by atoms with E-state index < -0.39 is 11.7 Å². The molecule has 0 saturated carbocycles. The fraction of sp³-hybridized carbons (Fsp3) is 0. The van der Waals surface area contributed by atoms with E-state index in [0.717, 1.165) is 0 Å². The lowest BCUT2D eigenvalue weighted by Gasteiger charge is -1.99. The van der Waals surface area contributed by atoms with Crippen molar-refractivity contribution >= 4 is 5.57 Å². The van der Waals surface area contributed by atoms with Gasteiger partial charge in [0.25, 0.3) is 6.08 Å². The van der Waals surface area contributed by atoms with Gasteiger partial charge in [0, 0.05) is 0 Å². The average Bonchev–Trinajstić information content (AvgIpc) is 2.07. The summed E-state index contributed by atoms with van der Waals surface area (Å²) in [6.45, 7) is 1.45. The minimum absolute atomic E-state index is 0.250. The lowest BCUT2D eigenvalue weighted by atomic mass is 10.1. The summed E-state index contributed by atoms with van der Waals surface area (Å²) >= 11 is 0. The van der Waals surface area contributed by atoms with Crippen molar-refractivity contribution in [2.75, 3.05) is 0 Å². The molecule has 1 aromatic rings. The molecular formula is C9H5F2N. The zero-order chi connectivity index (χ0) is 8.97. The Morgan fingerprint density at radius 3 is 2.17 bits per heavy atom. The summed E-state index contributed by atoms with van der Waals surface area (Å²) in [4.78, 5) is 0. The molecule has 0 bridgehead atoms. The van der Waals surface area contributed by atoms with Crippen molar-refractivity contribution in [2.24, 2.45) is 0 Å². The first-order valence-electron chi connectivity index (χ1n) is 3.26. The third-order valence-corrected chi connectivity index (χ3v) is 1.36. The Hall–Kier alpha value is -1.22. The van der Waals surface area contributed by atoms with Crippen molar-refractivity contribution in [2.45, 2.75) is 0 Å². The number of benzene rings is 1. The number of halogens is 2. The first-order chi connectivity index (χ1) is 5.75. The fourth-order valence-electron chi connectivity index (χ4n) is 0.821. The lowest BCUT2D eigenvalue weighted by Crippen LogP contribution is -1.87. The van der Waals surface area contributed by atoms with Crippen LogP contribution < -0.4 is 5.73 Å². The predicted molar refractivity (Wildman–Crippen MR) is 41.0 cm³/mol. The predicted octanol–water partition coefficient (Wildman–Crippen LogP) is 2.40. The molecule has 1 aromatic carbocycles. The normalized spacial score (nSPS) is 9.58. The zero-order valence-electron chi connectivity index (χ0n) is 6.09. The molecule has 60 valence electrons.